The Morgan fingerprint density at radius 1 is 1.29 bits per heavy atom. The van der Waals surface area contributed by atoms with Crippen LogP contribution in [0.1, 0.15) is 17.3 Å². The van der Waals surface area contributed by atoms with Crippen molar-refractivity contribution in [3.05, 3.63) is 57.3 Å². The fraction of sp³-hybridized carbons (Fsp3) is 0.188. The van der Waals surface area contributed by atoms with Gasteiger partial charge in [0.1, 0.15) is 11.6 Å². The molecule has 3 nitrogen and oxygen atoms in total. The molecular weight excluding hydrogens is 411 g/mol. The zero-order chi connectivity index (χ0) is 17.9. The fourth-order valence-electron chi connectivity index (χ4n) is 1.83. The van der Waals surface area contributed by atoms with E-state index in [-0.39, 0.29) is 22.0 Å². The SMILES string of the molecule is CC(Oc1cc(Br)ccc1C(=O)Nc1c(F)cccc1Cl)C(F)F. The number of anilines is 1. The molecule has 2 aromatic carbocycles. The lowest BCUT2D eigenvalue weighted by molar-refractivity contribution is 0.0221. The van der Waals surface area contributed by atoms with Crippen LogP contribution in [0.15, 0.2) is 40.9 Å². The summed E-state index contributed by atoms with van der Waals surface area (Å²) in [5.74, 6) is -1.50. The Hall–Kier alpha value is -1.73. The zero-order valence-corrected chi connectivity index (χ0v) is 14.7. The first-order valence-electron chi connectivity index (χ1n) is 6.79. The third-order valence-electron chi connectivity index (χ3n) is 3.06. The first-order valence-corrected chi connectivity index (χ1v) is 7.96. The van der Waals surface area contributed by atoms with Crippen LogP contribution in [0.25, 0.3) is 0 Å². The molecule has 8 heteroatoms. The van der Waals surface area contributed by atoms with Gasteiger partial charge >= 0.3 is 0 Å². The molecule has 0 aliphatic carbocycles. The van der Waals surface area contributed by atoms with Crippen LogP contribution in [-0.4, -0.2) is 18.4 Å². The Balaban J connectivity index is 2.32. The second kappa shape index (κ2) is 7.90. The van der Waals surface area contributed by atoms with Crippen LogP contribution in [-0.2, 0) is 0 Å². The highest BCUT2D eigenvalue weighted by molar-refractivity contribution is 9.10. The smallest absolute Gasteiger partial charge is 0.274 e. The number of carbonyl (C=O) groups excluding carboxylic acids is 1. The van der Waals surface area contributed by atoms with E-state index in [9.17, 15) is 18.0 Å². The van der Waals surface area contributed by atoms with Crippen LogP contribution in [0, 0.1) is 5.82 Å². The Bertz CT molecular complexity index is 738. The van der Waals surface area contributed by atoms with Crippen molar-refractivity contribution >= 4 is 39.1 Å². The molecule has 0 aliphatic rings. The molecule has 0 saturated carbocycles. The molecule has 1 amide bonds. The lowest BCUT2D eigenvalue weighted by Crippen LogP contribution is -2.23. The Kier molecular flexibility index (Phi) is 6.12. The van der Waals surface area contributed by atoms with Crippen molar-refractivity contribution in [3.63, 3.8) is 0 Å². The fourth-order valence-corrected chi connectivity index (χ4v) is 2.38. The van der Waals surface area contributed by atoms with Gasteiger partial charge in [0.2, 0.25) is 0 Å². The van der Waals surface area contributed by atoms with Crippen LogP contribution >= 0.6 is 27.5 Å². The summed E-state index contributed by atoms with van der Waals surface area (Å²) in [5.41, 5.74) is -0.218. The third kappa shape index (κ3) is 4.42. The van der Waals surface area contributed by atoms with Crippen molar-refractivity contribution in [3.8, 4) is 5.75 Å². The van der Waals surface area contributed by atoms with Crippen molar-refractivity contribution in [2.45, 2.75) is 19.5 Å². The Morgan fingerprint density at radius 2 is 2.00 bits per heavy atom. The normalized spacial score (nSPS) is 12.1. The summed E-state index contributed by atoms with van der Waals surface area (Å²) in [4.78, 5) is 12.4. The number of amides is 1. The maximum Gasteiger partial charge on any atom is 0.274 e. The van der Waals surface area contributed by atoms with Gasteiger partial charge in [0.25, 0.3) is 12.3 Å². The van der Waals surface area contributed by atoms with Gasteiger partial charge in [0.05, 0.1) is 16.3 Å². The molecule has 0 fully saturated rings. The van der Waals surface area contributed by atoms with Crippen molar-refractivity contribution in [2.75, 3.05) is 5.32 Å². The van der Waals surface area contributed by atoms with Crippen LogP contribution in [0.5, 0.6) is 5.75 Å². The van der Waals surface area contributed by atoms with Gasteiger partial charge in [-0.1, -0.05) is 33.6 Å². The maximum absolute atomic E-state index is 13.8. The highest BCUT2D eigenvalue weighted by Gasteiger charge is 2.21. The van der Waals surface area contributed by atoms with Gasteiger partial charge in [-0.25, -0.2) is 13.2 Å². The number of nitrogens with one attached hydrogen (secondary N) is 1. The van der Waals surface area contributed by atoms with E-state index in [4.69, 9.17) is 16.3 Å². The van der Waals surface area contributed by atoms with E-state index in [1.54, 1.807) is 0 Å². The standard InChI is InChI=1S/C16H12BrClF3NO2/c1-8(15(20)21)24-13-7-9(17)5-6-10(13)16(23)22-14-11(18)3-2-4-12(14)19/h2-8,15H,1H3,(H,22,23). The van der Waals surface area contributed by atoms with Crippen molar-refractivity contribution < 1.29 is 22.7 Å². The van der Waals surface area contributed by atoms with Gasteiger partial charge in [-0.15, -0.1) is 0 Å². The number of halogens is 5. The summed E-state index contributed by atoms with van der Waals surface area (Å²) in [5, 5.41) is 2.35. The Labute approximate surface area is 149 Å². The molecule has 1 N–H and O–H groups in total. The number of alkyl halides is 2. The van der Waals surface area contributed by atoms with Crippen LogP contribution in [0.4, 0.5) is 18.9 Å². The number of rotatable bonds is 5. The molecule has 2 aromatic rings. The molecule has 0 saturated heterocycles. The summed E-state index contributed by atoms with van der Waals surface area (Å²) >= 11 is 9.04. The summed E-state index contributed by atoms with van der Waals surface area (Å²) in [7, 11) is 0. The molecule has 0 spiro atoms. The summed E-state index contributed by atoms with van der Waals surface area (Å²) in [6.45, 7) is 1.18. The highest BCUT2D eigenvalue weighted by atomic mass is 79.9. The van der Waals surface area contributed by atoms with Gasteiger partial charge < -0.3 is 10.1 Å². The van der Waals surface area contributed by atoms with E-state index in [0.29, 0.717) is 4.47 Å². The van der Waals surface area contributed by atoms with E-state index < -0.39 is 24.3 Å². The number of hydrogen-bond acceptors (Lipinski definition) is 2. The zero-order valence-electron chi connectivity index (χ0n) is 12.3. The second-order valence-corrected chi connectivity index (χ2v) is 6.17. The van der Waals surface area contributed by atoms with E-state index >= 15 is 0 Å². The minimum absolute atomic E-state index is 0.0175. The van der Waals surface area contributed by atoms with E-state index in [1.807, 2.05) is 0 Å². The lowest BCUT2D eigenvalue weighted by atomic mass is 10.1. The number of benzene rings is 2. The van der Waals surface area contributed by atoms with Gasteiger partial charge in [0.15, 0.2) is 6.10 Å². The maximum atomic E-state index is 13.8. The summed E-state index contributed by atoms with van der Waals surface area (Å²) < 4.78 is 44.8. The molecule has 24 heavy (non-hydrogen) atoms. The molecule has 0 bridgehead atoms. The molecule has 0 aliphatic heterocycles. The van der Waals surface area contributed by atoms with E-state index in [2.05, 4.69) is 21.2 Å². The molecule has 1 atom stereocenters. The topological polar surface area (TPSA) is 38.3 Å². The molecule has 0 heterocycles. The number of hydrogen-bond donors (Lipinski definition) is 1. The lowest BCUT2D eigenvalue weighted by Gasteiger charge is -2.17. The first-order chi connectivity index (χ1) is 11.3. The quantitative estimate of drug-likeness (QED) is 0.688. The largest absolute Gasteiger partial charge is 0.484 e. The third-order valence-corrected chi connectivity index (χ3v) is 3.87. The molecular formula is C16H12BrClF3NO2. The number of ether oxygens (including phenoxy) is 1. The van der Waals surface area contributed by atoms with Gasteiger partial charge in [-0.05, 0) is 37.3 Å². The molecule has 2 rings (SSSR count). The van der Waals surface area contributed by atoms with Crippen LogP contribution in [0.3, 0.4) is 0 Å². The molecule has 1 unspecified atom stereocenters. The summed E-state index contributed by atoms with van der Waals surface area (Å²) in [6.07, 6.45) is -4.14. The molecule has 0 radical (unpaired) electrons. The van der Waals surface area contributed by atoms with Gasteiger partial charge in [-0.2, -0.15) is 0 Å². The summed E-state index contributed by atoms with van der Waals surface area (Å²) in [6, 6.07) is 8.25. The minimum Gasteiger partial charge on any atom is -0.484 e. The number of para-hydroxylation sites is 1. The predicted molar refractivity (Wildman–Crippen MR) is 89.6 cm³/mol. The second-order valence-electron chi connectivity index (χ2n) is 4.85. The van der Waals surface area contributed by atoms with Crippen molar-refractivity contribution in [1.29, 1.82) is 0 Å². The van der Waals surface area contributed by atoms with Crippen LogP contribution in [0.2, 0.25) is 5.02 Å². The van der Waals surface area contributed by atoms with E-state index in [0.717, 1.165) is 6.07 Å². The average molecular weight is 423 g/mol. The monoisotopic (exact) mass is 421 g/mol. The van der Waals surface area contributed by atoms with E-state index in [1.165, 1.54) is 37.3 Å². The molecule has 128 valence electrons. The van der Waals surface area contributed by atoms with Crippen molar-refractivity contribution in [2.24, 2.45) is 0 Å². The Morgan fingerprint density at radius 3 is 2.62 bits per heavy atom. The molecule has 0 aromatic heterocycles. The minimum atomic E-state index is -2.72. The average Bonchev–Trinajstić information content (AvgIpc) is 2.51. The number of carbonyl (C=O) groups is 1. The van der Waals surface area contributed by atoms with Gasteiger partial charge in [-0.3, -0.25) is 4.79 Å². The predicted octanol–water partition coefficient (Wildman–Crippen LogP) is 5.53. The first kappa shape index (κ1) is 18.6. The van der Waals surface area contributed by atoms with Gasteiger partial charge in [0, 0.05) is 4.47 Å². The van der Waals surface area contributed by atoms with Crippen molar-refractivity contribution in [1.82, 2.24) is 0 Å². The van der Waals surface area contributed by atoms with Crippen LogP contribution < -0.4 is 10.1 Å². The highest BCUT2D eigenvalue weighted by Crippen LogP contribution is 2.29.